The highest BCUT2D eigenvalue weighted by atomic mass is 16.2. The molecule has 0 spiro atoms. The fraction of sp³-hybridized carbons (Fsp3) is 0.529. The molecule has 2 rings (SSSR count). The van der Waals surface area contributed by atoms with Gasteiger partial charge in [-0.15, -0.1) is 0 Å². The topological polar surface area (TPSA) is 84.2 Å². The lowest BCUT2D eigenvalue weighted by Gasteiger charge is -2.28. The van der Waals surface area contributed by atoms with Crippen molar-refractivity contribution in [1.29, 1.82) is 0 Å². The molecule has 5 nitrogen and oxygen atoms in total. The summed E-state index contributed by atoms with van der Waals surface area (Å²) in [7, 11) is 0. The largest absolute Gasteiger partial charge is 0.355 e. The molecule has 22 heavy (non-hydrogen) atoms. The molecule has 0 saturated heterocycles. The zero-order valence-corrected chi connectivity index (χ0v) is 12.9. The van der Waals surface area contributed by atoms with Crippen molar-refractivity contribution < 1.29 is 9.59 Å². The lowest BCUT2D eigenvalue weighted by molar-refractivity contribution is -0.123. The first kappa shape index (κ1) is 16.5. The molecule has 1 saturated carbocycles. The van der Waals surface area contributed by atoms with E-state index in [2.05, 4.69) is 10.6 Å². The van der Waals surface area contributed by atoms with Crippen LogP contribution in [0.2, 0.25) is 0 Å². The van der Waals surface area contributed by atoms with E-state index in [-0.39, 0.29) is 17.4 Å². The Balaban J connectivity index is 1.67. The van der Waals surface area contributed by atoms with Gasteiger partial charge in [0.2, 0.25) is 11.8 Å². The maximum atomic E-state index is 12.0. The van der Waals surface area contributed by atoms with Crippen LogP contribution in [-0.2, 0) is 16.0 Å². The molecule has 0 radical (unpaired) electrons. The summed E-state index contributed by atoms with van der Waals surface area (Å²) in [4.78, 5) is 23.8. The monoisotopic (exact) mass is 303 g/mol. The van der Waals surface area contributed by atoms with E-state index >= 15 is 0 Å². The maximum Gasteiger partial charge on any atom is 0.224 e. The van der Waals surface area contributed by atoms with Gasteiger partial charge in [-0.3, -0.25) is 9.59 Å². The minimum absolute atomic E-state index is 0.0349. The highest BCUT2D eigenvalue weighted by Gasteiger charge is 2.33. The van der Waals surface area contributed by atoms with Gasteiger partial charge in [-0.05, 0) is 18.4 Å². The van der Waals surface area contributed by atoms with Crippen LogP contribution < -0.4 is 16.4 Å². The second-order valence-electron chi connectivity index (χ2n) is 6.00. The highest BCUT2D eigenvalue weighted by Crippen LogP contribution is 2.28. The Bertz CT molecular complexity index is 496. The van der Waals surface area contributed by atoms with Gasteiger partial charge in [0.1, 0.15) is 0 Å². The standard InChI is InChI=1S/C17H25N3O2/c18-13-17(9-4-5-10-17)20-15(21)8-11-19-16(22)12-14-6-2-1-3-7-14/h1-3,6-7H,4-5,8-13,18H2,(H,19,22)(H,20,21). The molecule has 0 bridgehead atoms. The molecule has 1 aliphatic carbocycles. The Morgan fingerprint density at radius 1 is 1.09 bits per heavy atom. The molecular weight excluding hydrogens is 278 g/mol. The van der Waals surface area contributed by atoms with Crippen molar-refractivity contribution in [3.63, 3.8) is 0 Å². The van der Waals surface area contributed by atoms with E-state index in [9.17, 15) is 9.59 Å². The summed E-state index contributed by atoms with van der Waals surface area (Å²) in [6.07, 6.45) is 4.78. The third-order valence-electron chi connectivity index (χ3n) is 4.24. The van der Waals surface area contributed by atoms with Crippen LogP contribution in [0.3, 0.4) is 0 Å². The van der Waals surface area contributed by atoms with Crippen LogP contribution in [0, 0.1) is 0 Å². The van der Waals surface area contributed by atoms with Gasteiger partial charge < -0.3 is 16.4 Å². The minimum atomic E-state index is -0.217. The Labute approximate surface area is 131 Å². The summed E-state index contributed by atoms with van der Waals surface area (Å²) < 4.78 is 0. The predicted molar refractivity (Wildman–Crippen MR) is 86.2 cm³/mol. The van der Waals surface area contributed by atoms with Crippen LogP contribution in [0.4, 0.5) is 0 Å². The van der Waals surface area contributed by atoms with E-state index in [0.717, 1.165) is 31.2 Å². The van der Waals surface area contributed by atoms with Crippen molar-refractivity contribution >= 4 is 11.8 Å². The normalized spacial score (nSPS) is 16.2. The zero-order chi connectivity index (χ0) is 15.8. The van der Waals surface area contributed by atoms with E-state index in [0.29, 0.717) is 25.9 Å². The molecule has 0 atom stereocenters. The van der Waals surface area contributed by atoms with E-state index in [1.807, 2.05) is 30.3 Å². The number of nitrogens with one attached hydrogen (secondary N) is 2. The second-order valence-corrected chi connectivity index (χ2v) is 6.00. The maximum absolute atomic E-state index is 12.0. The minimum Gasteiger partial charge on any atom is -0.355 e. The Kier molecular flexibility index (Phi) is 5.95. The molecular formula is C17H25N3O2. The van der Waals surface area contributed by atoms with Gasteiger partial charge in [0, 0.05) is 19.5 Å². The first-order valence-electron chi connectivity index (χ1n) is 7.95. The van der Waals surface area contributed by atoms with E-state index < -0.39 is 0 Å². The van der Waals surface area contributed by atoms with Crippen LogP contribution >= 0.6 is 0 Å². The van der Waals surface area contributed by atoms with Gasteiger partial charge in [-0.1, -0.05) is 43.2 Å². The Hall–Kier alpha value is -1.88. The second kappa shape index (κ2) is 7.94. The van der Waals surface area contributed by atoms with Gasteiger partial charge >= 0.3 is 0 Å². The molecule has 0 aromatic heterocycles. The summed E-state index contributed by atoms with van der Waals surface area (Å²) in [6.45, 7) is 0.845. The number of carbonyl (C=O) groups excluding carboxylic acids is 2. The quantitative estimate of drug-likeness (QED) is 0.706. The molecule has 2 amide bonds. The van der Waals surface area contributed by atoms with Gasteiger partial charge in [0.25, 0.3) is 0 Å². The lowest BCUT2D eigenvalue weighted by Crippen LogP contribution is -2.52. The van der Waals surface area contributed by atoms with Crippen molar-refractivity contribution in [1.82, 2.24) is 10.6 Å². The third kappa shape index (κ3) is 4.84. The summed E-state index contributed by atoms with van der Waals surface area (Å²) >= 11 is 0. The fourth-order valence-corrected chi connectivity index (χ4v) is 2.95. The van der Waals surface area contributed by atoms with Gasteiger partial charge in [-0.2, -0.15) is 0 Å². The summed E-state index contributed by atoms with van der Waals surface area (Å²) in [5.74, 6) is -0.0965. The average molecular weight is 303 g/mol. The Morgan fingerprint density at radius 2 is 1.77 bits per heavy atom. The van der Waals surface area contributed by atoms with Gasteiger partial charge in [0.15, 0.2) is 0 Å². The molecule has 0 heterocycles. The number of benzene rings is 1. The SMILES string of the molecule is NCC1(NC(=O)CCNC(=O)Cc2ccccc2)CCCC1. The zero-order valence-electron chi connectivity index (χ0n) is 12.9. The molecule has 0 unspecified atom stereocenters. The molecule has 1 aromatic rings. The van der Waals surface area contributed by atoms with Crippen LogP contribution in [0.25, 0.3) is 0 Å². The molecule has 120 valence electrons. The van der Waals surface area contributed by atoms with Crippen molar-refractivity contribution in [2.45, 2.75) is 44.1 Å². The Morgan fingerprint density at radius 3 is 2.41 bits per heavy atom. The number of hydrogen-bond acceptors (Lipinski definition) is 3. The molecule has 1 aromatic carbocycles. The van der Waals surface area contributed by atoms with Gasteiger partial charge in [-0.25, -0.2) is 0 Å². The molecule has 1 aliphatic rings. The summed E-state index contributed by atoms with van der Waals surface area (Å²) in [5.41, 5.74) is 6.55. The molecule has 1 fully saturated rings. The van der Waals surface area contributed by atoms with Crippen LogP contribution in [0.15, 0.2) is 30.3 Å². The number of hydrogen-bond donors (Lipinski definition) is 3. The van der Waals surface area contributed by atoms with Crippen LogP contribution in [0.1, 0.15) is 37.7 Å². The van der Waals surface area contributed by atoms with Crippen molar-refractivity contribution in [3.8, 4) is 0 Å². The third-order valence-corrected chi connectivity index (χ3v) is 4.24. The number of amides is 2. The van der Waals surface area contributed by atoms with Crippen LogP contribution in [0.5, 0.6) is 0 Å². The van der Waals surface area contributed by atoms with E-state index in [1.54, 1.807) is 0 Å². The van der Waals surface area contributed by atoms with Crippen molar-refractivity contribution in [2.24, 2.45) is 5.73 Å². The van der Waals surface area contributed by atoms with Gasteiger partial charge in [0.05, 0.1) is 12.0 Å². The number of rotatable bonds is 7. The molecule has 4 N–H and O–H groups in total. The summed E-state index contributed by atoms with van der Waals surface area (Å²) in [6, 6.07) is 9.56. The average Bonchev–Trinajstić information content (AvgIpc) is 2.97. The lowest BCUT2D eigenvalue weighted by atomic mass is 9.97. The molecule has 5 heteroatoms. The first-order valence-corrected chi connectivity index (χ1v) is 7.95. The smallest absolute Gasteiger partial charge is 0.224 e. The van der Waals surface area contributed by atoms with Crippen LogP contribution in [-0.4, -0.2) is 30.4 Å². The first-order chi connectivity index (χ1) is 10.6. The number of carbonyl (C=O) groups is 2. The van der Waals surface area contributed by atoms with Crippen molar-refractivity contribution in [2.75, 3.05) is 13.1 Å². The predicted octanol–water partition coefficient (Wildman–Crippen LogP) is 1.12. The highest BCUT2D eigenvalue weighted by molar-refractivity contribution is 5.80. The number of nitrogens with two attached hydrogens (primary N) is 1. The summed E-state index contributed by atoms with van der Waals surface area (Å²) in [5, 5.41) is 5.84. The molecule has 0 aliphatic heterocycles. The van der Waals surface area contributed by atoms with Crippen molar-refractivity contribution in [3.05, 3.63) is 35.9 Å². The van der Waals surface area contributed by atoms with E-state index in [1.165, 1.54) is 0 Å². The van der Waals surface area contributed by atoms with E-state index in [4.69, 9.17) is 5.73 Å². The fourth-order valence-electron chi connectivity index (χ4n) is 2.95.